The van der Waals surface area contributed by atoms with Crippen molar-refractivity contribution in [3.63, 3.8) is 0 Å². The van der Waals surface area contributed by atoms with Gasteiger partial charge >= 0.3 is 0 Å². The number of rotatable bonds is 1. The van der Waals surface area contributed by atoms with Crippen molar-refractivity contribution >= 4 is 21.9 Å². The first-order valence-corrected chi connectivity index (χ1v) is 6.27. The highest BCUT2D eigenvalue weighted by molar-refractivity contribution is 5.80. The van der Waals surface area contributed by atoms with Gasteiger partial charge in [-0.1, -0.05) is 35.0 Å². The van der Waals surface area contributed by atoms with E-state index in [-0.39, 0.29) is 0 Å². The maximum Gasteiger partial charge on any atom is 0.248 e. The van der Waals surface area contributed by atoms with Crippen LogP contribution in [0.2, 0.25) is 0 Å². The maximum atomic E-state index is 11.8. The monoisotopic (exact) mass is 262 g/mol. The van der Waals surface area contributed by atoms with Crippen molar-refractivity contribution in [1.82, 2.24) is 14.9 Å². The van der Waals surface area contributed by atoms with E-state index in [0.29, 0.717) is 16.2 Å². The molecule has 2 aromatic carbocycles. The fraction of sp³-hybridized carbons (Fsp3) is 0. The van der Waals surface area contributed by atoms with Crippen LogP contribution >= 0.6 is 0 Å². The Bertz CT molecular complexity index is 929. The van der Waals surface area contributed by atoms with Crippen LogP contribution in [0.5, 0.6) is 0 Å². The molecular weight excluding hydrogens is 252 g/mol. The van der Waals surface area contributed by atoms with Gasteiger partial charge in [-0.25, -0.2) is 4.98 Å². The van der Waals surface area contributed by atoms with Gasteiger partial charge in [0.1, 0.15) is 5.21 Å². The zero-order valence-electron chi connectivity index (χ0n) is 10.5. The summed E-state index contributed by atoms with van der Waals surface area (Å²) in [4.78, 5) is 5.17. The molecule has 0 atom stereocenters. The summed E-state index contributed by atoms with van der Waals surface area (Å²) in [5.41, 5.74) is 2.15. The van der Waals surface area contributed by atoms with Gasteiger partial charge in [0, 0.05) is 11.5 Å². The molecule has 0 aliphatic heterocycles. The Morgan fingerprint density at radius 1 is 0.900 bits per heavy atom. The van der Waals surface area contributed by atoms with E-state index in [1.54, 1.807) is 10.7 Å². The van der Waals surface area contributed by atoms with E-state index >= 15 is 0 Å². The van der Waals surface area contributed by atoms with Crippen molar-refractivity contribution < 1.29 is 4.85 Å². The van der Waals surface area contributed by atoms with E-state index in [0.717, 1.165) is 16.4 Å². The summed E-state index contributed by atoms with van der Waals surface area (Å²) in [6.07, 6.45) is 0. The molecule has 4 aromatic rings. The SMILES string of the molecule is [O-][n+]1nn(-c2ccc3ccccc3n2)c2ccccc21. The molecule has 20 heavy (non-hydrogen) atoms. The van der Waals surface area contributed by atoms with E-state index < -0.39 is 0 Å². The molecule has 0 saturated carbocycles. The van der Waals surface area contributed by atoms with Crippen molar-refractivity contribution in [2.45, 2.75) is 0 Å². The number of benzene rings is 2. The van der Waals surface area contributed by atoms with Crippen molar-refractivity contribution in [2.24, 2.45) is 0 Å². The number of nitrogens with zero attached hydrogens (tertiary/aromatic N) is 4. The summed E-state index contributed by atoms with van der Waals surface area (Å²) < 4.78 is 1.56. The summed E-state index contributed by atoms with van der Waals surface area (Å²) in [5, 5.41) is 16.8. The quantitative estimate of drug-likeness (QED) is 0.390. The lowest BCUT2D eigenvalue weighted by Crippen LogP contribution is -2.29. The smallest absolute Gasteiger partial charge is 0.248 e. The Hall–Kier alpha value is -2.95. The molecule has 5 nitrogen and oxygen atoms in total. The van der Waals surface area contributed by atoms with Gasteiger partial charge in [-0.05, 0) is 24.3 Å². The van der Waals surface area contributed by atoms with Gasteiger partial charge in [-0.2, -0.15) is 0 Å². The summed E-state index contributed by atoms with van der Waals surface area (Å²) in [6, 6.07) is 19.0. The van der Waals surface area contributed by atoms with Crippen LogP contribution in [0.25, 0.3) is 27.8 Å². The fourth-order valence-electron chi connectivity index (χ4n) is 2.33. The topological polar surface area (TPSA) is 57.6 Å². The largest absolute Gasteiger partial charge is 0.691 e. The summed E-state index contributed by atoms with van der Waals surface area (Å²) in [5.74, 6) is 0.634. The van der Waals surface area contributed by atoms with Gasteiger partial charge in [-0.3, -0.25) is 0 Å². The first kappa shape index (κ1) is 10.9. The van der Waals surface area contributed by atoms with Crippen molar-refractivity contribution in [3.8, 4) is 5.82 Å². The number of hydrogen-bond acceptors (Lipinski definition) is 3. The number of fused-ring (bicyclic) bond motifs is 2. The highest BCUT2D eigenvalue weighted by Gasteiger charge is 2.16. The molecule has 4 rings (SSSR count). The Balaban J connectivity index is 2.01. The Labute approximate surface area is 114 Å². The zero-order valence-corrected chi connectivity index (χ0v) is 10.5. The highest BCUT2D eigenvalue weighted by Crippen LogP contribution is 2.17. The molecule has 0 spiro atoms. The maximum absolute atomic E-state index is 11.8. The molecule has 96 valence electrons. The van der Waals surface area contributed by atoms with Crippen LogP contribution in [0.4, 0.5) is 0 Å². The molecule has 2 heterocycles. The first-order chi connectivity index (χ1) is 9.83. The molecule has 5 heteroatoms. The number of hydrogen-bond donors (Lipinski definition) is 0. The predicted octanol–water partition coefficient (Wildman–Crippen LogP) is 2.21. The van der Waals surface area contributed by atoms with Crippen LogP contribution in [-0.2, 0) is 0 Å². The molecule has 0 N–H and O–H groups in total. The van der Waals surface area contributed by atoms with Gasteiger partial charge in [-0.15, -0.1) is 4.85 Å². The lowest BCUT2D eigenvalue weighted by atomic mass is 10.2. The van der Waals surface area contributed by atoms with Gasteiger partial charge in [0.25, 0.3) is 0 Å². The molecule has 0 bridgehead atoms. The van der Waals surface area contributed by atoms with E-state index in [2.05, 4.69) is 10.2 Å². The minimum absolute atomic E-state index is 0.530. The van der Waals surface area contributed by atoms with Gasteiger partial charge in [0.05, 0.1) is 5.52 Å². The fourth-order valence-corrected chi connectivity index (χ4v) is 2.33. The average Bonchev–Trinajstić information content (AvgIpc) is 2.85. The molecule has 2 aromatic heterocycles. The molecule has 0 unspecified atom stereocenters. The summed E-state index contributed by atoms with van der Waals surface area (Å²) >= 11 is 0. The lowest BCUT2D eigenvalue weighted by molar-refractivity contribution is -0.645. The molecule has 0 aliphatic carbocycles. The van der Waals surface area contributed by atoms with Gasteiger partial charge < -0.3 is 5.21 Å². The second-order valence-electron chi connectivity index (χ2n) is 4.53. The van der Waals surface area contributed by atoms with Crippen LogP contribution < -0.4 is 4.85 Å². The van der Waals surface area contributed by atoms with Crippen LogP contribution in [-0.4, -0.2) is 14.9 Å². The van der Waals surface area contributed by atoms with E-state index in [4.69, 9.17) is 0 Å². The Morgan fingerprint density at radius 2 is 1.70 bits per heavy atom. The molecule has 0 fully saturated rings. The van der Waals surface area contributed by atoms with Crippen LogP contribution in [0, 0.1) is 5.21 Å². The van der Waals surface area contributed by atoms with Crippen molar-refractivity contribution in [2.75, 3.05) is 0 Å². The summed E-state index contributed by atoms with van der Waals surface area (Å²) in [7, 11) is 0. The Morgan fingerprint density at radius 3 is 2.65 bits per heavy atom. The Kier molecular flexibility index (Phi) is 2.20. The second kappa shape index (κ2) is 4.03. The van der Waals surface area contributed by atoms with E-state index in [1.165, 1.54) is 0 Å². The molecule has 0 radical (unpaired) electrons. The van der Waals surface area contributed by atoms with Crippen LogP contribution in [0.15, 0.2) is 60.7 Å². The van der Waals surface area contributed by atoms with E-state index in [9.17, 15) is 5.21 Å². The van der Waals surface area contributed by atoms with E-state index in [1.807, 2.05) is 54.6 Å². The van der Waals surface area contributed by atoms with Crippen LogP contribution in [0.3, 0.4) is 0 Å². The standard InChI is InChI=1S/C15H10N4O/c20-19-14-8-4-3-7-13(14)18(17-19)15-10-9-11-5-1-2-6-12(11)16-15/h1-10H. The molecular formula is C15H10N4O. The summed E-state index contributed by atoms with van der Waals surface area (Å²) in [6.45, 7) is 0. The van der Waals surface area contributed by atoms with Crippen LogP contribution in [0.1, 0.15) is 0 Å². The zero-order chi connectivity index (χ0) is 13.5. The second-order valence-corrected chi connectivity index (χ2v) is 4.53. The molecule has 0 amide bonds. The van der Waals surface area contributed by atoms with Crippen molar-refractivity contribution in [3.05, 3.63) is 65.9 Å². The van der Waals surface area contributed by atoms with Crippen molar-refractivity contribution in [1.29, 1.82) is 0 Å². The van der Waals surface area contributed by atoms with Gasteiger partial charge in [0.15, 0.2) is 0 Å². The average molecular weight is 262 g/mol. The normalized spacial score (nSPS) is 11.2. The molecule has 0 saturated heterocycles. The number of para-hydroxylation sites is 3. The van der Waals surface area contributed by atoms with Gasteiger partial charge in [0.2, 0.25) is 16.9 Å². The minimum Gasteiger partial charge on any atom is -0.691 e. The number of aromatic nitrogens is 4. The number of pyridine rings is 1. The highest BCUT2D eigenvalue weighted by atomic mass is 16.5. The first-order valence-electron chi connectivity index (χ1n) is 6.27. The third-order valence-corrected chi connectivity index (χ3v) is 3.29. The predicted molar refractivity (Wildman–Crippen MR) is 75.3 cm³/mol. The molecule has 0 aliphatic rings. The minimum atomic E-state index is 0.530. The lowest BCUT2D eigenvalue weighted by Gasteiger charge is -1.98. The third kappa shape index (κ3) is 1.53. The third-order valence-electron chi connectivity index (χ3n) is 3.29.